The number of carbonyl (C=O) groups excluding carboxylic acids is 1. The van der Waals surface area contributed by atoms with Crippen LogP contribution in [0.4, 0.5) is 0 Å². The van der Waals surface area contributed by atoms with Crippen LogP contribution in [0.3, 0.4) is 0 Å². The fourth-order valence-corrected chi connectivity index (χ4v) is 4.35. The Hall–Kier alpha value is -3.72. The third-order valence-corrected chi connectivity index (χ3v) is 6.00. The van der Waals surface area contributed by atoms with E-state index in [-0.39, 0.29) is 42.0 Å². The van der Waals surface area contributed by atoms with Crippen molar-refractivity contribution in [2.75, 3.05) is 7.11 Å². The number of phenolic OH excluding ortho intramolecular Hbond substituents is 1. The van der Waals surface area contributed by atoms with Crippen molar-refractivity contribution in [2.24, 2.45) is 5.16 Å². The first-order chi connectivity index (χ1) is 14.9. The molecule has 9 nitrogen and oxygen atoms in total. The zero-order valence-corrected chi connectivity index (χ0v) is 16.9. The number of carbonyl (C=O) groups is 1. The second-order valence-electron chi connectivity index (χ2n) is 7.57. The van der Waals surface area contributed by atoms with Crippen molar-refractivity contribution >= 4 is 23.1 Å². The highest BCUT2D eigenvalue weighted by Crippen LogP contribution is 2.40. The minimum Gasteiger partial charge on any atom is -0.508 e. The van der Waals surface area contributed by atoms with Crippen molar-refractivity contribution in [1.82, 2.24) is 9.55 Å². The molecule has 9 heteroatoms. The molecule has 2 N–H and O–H groups in total. The standard InChI is InChI=1S/C22H19N3O6/c1-3-22(29)16-7-18-19-14(9-25(18)20(27)15(16)10-31-21(22)28)13(8-23-30-2)12-6-11(26)4-5-17(12)24-19/h4-8,26,29H,3,9-10H2,1-2H3/b23-8+/t22-/m0/s1. The Labute approximate surface area is 176 Å². The maximum atomic E-state index is 13.3. The molecule has 1 atom stereocenters. The number of pyridine rings is 2. The zero-order valence-electron chi connectivity index (χ0n) is 16.9. The average Bonchev–Trinajstić information content (AvgIpc) is 3.13. The number of esters is 1. The van der Waals surface area contributed by atoms with Crippen LogP contribution in [0.1, 0.15) is 35.6 Å². The molecule has 5 rings (SSSR count). The van der Waals surface area contributed by atoms with Crippen LogP contribution in [0.5, 0.6) is 5.75 Å². The van der Waals surface area contributed by atoms with Crippen LogP contribution in [0, 0.1) is 0 Å². The monoisotopic (exact) mass is 421 g/mol. The molecule has 2 aliphatic rings. The van der Waals surface area contributed by atoms with Gasteiger partial charge in [-0.1, -0.05) is 12.1 Å². The van der Waals surface area contributed by atoms with Gasteiger partial charge in [-0.15, -0.1) is 0 Å². The lowest BCUT2D eigenvalue weighted by Gasteiger charge is -2.31. The number of cyclic esters (lactones) is 1. The van der Waals surface area contributed by atoms with Crippen LogP contribution in [-0.4, -0.2) is 39.1 Å². The molecule has 31 heavy (non-hydrogen) atoms. The Kier molecular flexibility index (Phi) is 4.13. The Morgan fingerprint density at radius 3 is 2.87 bits per heavy atom. The average molecular weight is 421 g/mol. The van der Waals surface area contributed by atoms with E-state index in [4.69, 9.17) is 14.6 Å². The first-order valence-electron chi connectivity index (χ1n) is 9.78. The molecule has 0 spiro atoms. The molecule has 2 aromatic heterocycles. The minimum atomic E-state index is -1.88. The summed E-state index contributed by atoms with van der Waals surface area (Å²) in [6, 6.07) is 6.44. The molecule has 4 heterocycles. The van der Waals surface area contributed by atoms with E-state index in [0.29, 0.717) is 27.9 Å². The van der Waals surface area contributed by atoms with Crippen molar-refractivity contribution in [3.8, 4) is 17.1 Å². The third kappa shape index (κ3) is 2.59. The van der Waals surface area contributed by atoms with Crippen molar-refractivity contribution in [3.63, 3.8) is 0 Å². The molecule has 3 aromatic rings. The lowest BCUT2D eigenvalue weighted by atomic mass is 9.86. The number of phenols is 1. The molecule has 0 saturated carbocycles. The fraction of sp³-hybridized carbons (Fsp3) is 0.273. The molecular formula is C22H19N3O6. The summed E-state index contributed by atoms with van der Waals surface area (Å²) in [7, 11) is 1.42. The van der Waals surface area contributed by atoms with Crippen LogP contribution < -0.4 is 5.56 Å². The first-order valence-corrected chi connectivity index (χ1v) is 9.78. The largest absolute Gasteiger partial charge is 0.508 e. The van der Waals surface area contributed by atoms with Gasteiger partial charge in [-0.3, -0.25) is 4.79 Å². The fourth-order valence-electron chi connectivity index (χ4n) is 4.35. The quantitative estimate of drug-likeness (QED) is 0.294. The lowest BCUT2D eigenvalue weighted by molar-refractivity contribution is -0.172. The van der Waals surface area contributed by atoms with Crippen LogP contribution in [0.25, 0.3) is 22.3 Å². The van der Waals surface area contributed by atoms with E-state index >= 15 is 0 Å². The number of hydrogen-bond acceptors (Lipinski definition) is 8. The number of hydrogen-bond donors (Lipinski definition) is 2. The van der Waals surface area contributed by atoms with Crippen LogP contribution in [0.15, 0.2) is 34.2 Å². The van der Waals surface area contributed by atoms with Crippen molar-refractivity contribution in [2.45, 2.75) is 32.1 Å². The summed E-state index contributed by atoms with van der Waals surface area (Å²) in [4.78, 5) is 35.2. The van der Waals surface area contributed by atoms with Crippen LogP contribution in [-0.2, 0) is 33.1 Å². The van der Waals surface area contributed by atoms with Gasteiger partial charge in [0.25, 0.3) is 5.56 Å². The van der Waals surface area contributed by atoms with E-state index < -0.39 is 11.6 Å². The summed E-state index contributed by atoms with van der Waals surface area (Å²) >= 11 is 0. The van der Waals surface area contributed by atoms with Crippen LogP contribution >= 0.6 is 0 Å². The zero-order chi connectivity index (χ0) is 21.9. The molecule has 0 unspecified atom stereocenters. The molecule has 1 aromatic carbocycles. The normalized spacial score (nSPS) is 19.3. The molecule has 0 saturated heterocycles. The van der Waals surface area contributed by atoms with E-state index in [1.54, 1.807) is 29.7 Å². The highest BCUT2D eigenvalue weighted by molar-refractivity contribution is 6.02. The lowest BCUT2D eigenvalue weighted by Crippen LogP contribution is -2.44. The Bertz CT molecular complexity index is 1360. The number of aliphatic hydroxyl groups is 1. The summed E-state index contributed by atoms with van der Waals surface area (Å²) in [5.74, 6) is -0.687. The number of rotatable bonds is 3. The maximum Gasteiger partial charge on any atom is 0.343 e. The summed E-state index contributed by atoms with van der Waals surface area (Å²) in [6.07, 6.45) is 1.60. The highest BCUT2D eigenvalue weighted by atomic mass is 16.6. The van der Waals surface area contributed by atoms with Gasteiger partial charge in [0, 0.05) is 22.1 Å². The second-order valence-corrected chi connectivity index (χ2v) is 7.57. The number of fused-ring (bicyclic) bond motifs is 5. The number of aromatic nitrogens is 2. The topological polar surface area (TPSA) is 123 Å². The van der Waals surface area contributed by atoms with E-state index in [1.165, 1.54) is 19.4 Å². The van der Waals surface area contributed by atoms with E-state index in [9.17, 15) is 19.8 Å². The smallest absolute Gasteiger partial charge is 0.343 e. The molecule has 0 bridgehead atoms. The first kappa shape index (κ1) is 19.3. The Morgan fingerprint density at radius 2 is 2.13 bits per heavy atom. The number of nitrogens with zero attached hydrogens (tertiary/aromatic N) is 3. The summed E-state index contributed by atoms with van der Waals surface area (Å²) in [6.45, 7) is 1.69. The molecular weight excluding hydrogens is 402 g/mol. The predicted octanol–water partition coefficient (Wildman–Crippen LogP) is 1.77. The summed E-state index contributed by atoms with van der Waals surface area (Å²) < 4.78 is 6.65. The van der Waals surface area contributed by atoms with Gasteiger partial charge >= 0.3 is 5.97 Å². The van der Waals surface area contributed by atoms with Gasteiger partial charge in [-0.25, -0.2) is 9.78 Å². The Balaban J connectivity index is 1.83. The second kappa shape index (κ2) is 6.64. The van der Waals surface area contributed by atoms with Gasteiger partial charge in [-0.05, 0) is 30.7 Å². The van der Waals surface area contributed by atoms with E-state index in [0.717, 1.165) is 5.56 Å². The SMILES string of the molecule is CC[C@@]1(O)C(=O)OCc2c1cc1n(c2=O)Cc2c-1nc1ccc(O)cc1c2/C=N/OC. The summed E-state index contributed by atoms with van der Waals surface area (Å²) in [5, 5.41) is 25.5. The van der Waals surface area contributed by atoms with Crippen molar-refractivity contribution in [3.05, 3.63) is 56.9 Å². The number of oxime groups is 1. The van der Waals surface area contributed by atoms with Gasteiger partial charge in [0.2, 0.25) is 0 Å². The van der Waals surface area contributed by atoms with Gasteiger partial charge in [-0.2, -0.15) is 0 Å². The number of ether oxygens (including phenoxy) is 1. The Morgan fingerprint density at radius 1 is 1.32 bits per heavy atom. The van der Waals surface area contributed by atoms with Crippen molar-refractivity contribution in [1.29, 1.82) is 0 Å². The van der Waals surface area contributed by atoms with Crippen LogP contribution in [0.2, 0.25) is 0 Å². The highest BCUT2D eigenvalue weighted by Gasteiger charge is 2.45. The van der Waals surface area contributed by atoms with Gasteiger partial charge in [0.1, 0.15) is 19.5 Å². The van der Waals surface area contributed by atoms with E-state index in [1.807, 2.05) is 0 Å². The van der Waals surface area contributed by atoms with E-state index in [2.05, 4.69) is 5.16 Å². The molecule has 2 aliphatic heterocycles. The predicted molar refractivity (Wildman–Crippen MR) is 111 cm³/mol. The summed E-state index contributed by atoms with van der Waals surface area (Å²) in [5.41, 5.74) is 1.33. The minimum absolute atomic E-state index is 0.0742. The molecule has 0 amide bonds. The molecule has 0 fully saturated rings. The molecule has 158 valence electrons. The number of benzene rings is 1. The van der Waals surface area contributed by atoms with Crippen molar-refractivity contribution < 1.29 is 24.6 Å². The molecule has 0 aliphatic carbocycles. The third-order valence-electron chi connectivity index (χ3n) is 6.00. The number of aromatic hydroxyl groups is 1. The van der Waals surface area contributed by atoms with Gasteiger partial charge in [0.05, 0.1) is 35.2 Å². The molecule has 0 radical (unpaired) electrons. The van der Waals surface area contributed by atoms with Gasteiger partial charge in [0.15, 0.2) is 5.60 Å². The maximum absolute atomic E-state index is 13.3. The van der Waals surface area contributed by atoms with Gasteiger partial charge < -0.3 is 24.4 Å².